The van der Waals surface area contributed by atoms with Crippen molar-refractivity contribution < 1.29 is 17.9 Å². The smallest absolute Gasteiger partial charge is 0.253 e. The lowest BCUT2D eigenvalue weighted by Crippen LogP contribution is -2.47. The molecule has 27 heavy (non-hydrogen) atoms. The molecule has 2 heterocycles. The quantitative estimate of drug-likeness (QED) is 0.797. The SMILES string of the molecule is CNC1CCCN(C(=O)c2ccc(C)c(S(=O)(=O)N3CCOCC3)c2)C1.Cl. The number of carbonyl (C=O) groups is 1. The van der Waals surface area contributed by atoms with Crippen LogP contribution in [0.5, 0.6) is 0 Å². The Morgan fingerprint density at radius 1 is 1.22 bits per heavy atom. The number of piperidine rings is 1. The fourth-order valence-electron chi connectivity index (χ4n) is 3.52. The second kappa shape index (κ2) is 9.34. The largest absolute Gasteiger partial charge is 0.379 e. The molecule has 0 aliphatic carbocycles. The zero-order valence-electron chi connectivity index (χ0n) is 15.8. The highest BCUT2D eigenvalue weighted by molar-refractivity contribution is 7.89. The standard InChI is InChI=1S/C18H27N3O4S.ClH/c1-14-5-6-15(18(22)20-7-3-4-16(13-20)19-2)12-17(14)26(23,24)21-8-10-25-11-9-21;/h5-6,12,16,19H,3-4,7-11,13H2,1-2H3;1H. The zero-order chi connectivity index (χ0) is 18.7. The van der Waals surface area contributed by atoms with Gasteiger partial charge in [-0.1, -0.05) is 6.07 Å². The Bertz CT molecular complexity index is 766. The van der Waals surface area contributed by atoms with Crippen molar-refractivity contribution in [1.29, 1.82) is 0 Å². The molecule has 9 heteroatoms. The van der Waals surface area contributed by atoms with E-state index < -0.39 is 10.0 Å². The summed E-state index contributed by atoms with van der Waals surface area (Å²) in [4.78, 5) is 14.9. The number of likely N-dealkylation sites (N-methyl/N-ethyl adjacent to an activating group) is 1. The molecule has 1 aromatic carbocycles. The molecule has 0 saturated carbocycles. The van der Waals surface area contributed by atoms with E-state index in [1.807, 2.05) is 7.05 Å². The molecule has 2 aliphatic rings. The van der Waals surface area contributed by atoms with Crippen LogP contribution in [0.3, 0.4) is 0 Å². The number of carbonyl (C=O) groups excluding carboxylic acids is 1. The Balaban J connectivity index is 0.00000261. The molecule has 7 nitrogen and oxygen atoms in total. The number of morpholine rings is 1. The molecule has 2 saturated heterocycles. The molecule has 0 spiro atoms. The van der Waals surface area contributed by atoms with Crippen molar-refractivity contribution in [3.05, 3.63) is 29.3 Å². The van der Waals surface area contributed by atoms with E-state index in [9.17, 15) is 13.2 Å². The van der Waals surface area contributed by atoms with Gasteiger partial charge in [0.15, 0.2) is 0 Å². The molecule has 2 aliphatic heterocycles. The van der Waals surface area contributed by atoms with Gasteiger partial charge in [-0.15, -0.1) is 12.4 Å². The first-order chi connectivity index (χ1) is 12.4. The van der Waals surface area contributed by atoms with E-state index in [0.717, 1.165) is 12.8 Å². The molecule has 2 fully saturated rings. The number of benzene rings is 1. The third kappa shape index (κ3) is 4.81. The van der Waals surface area contributed by atoms with Gasteiger partial charge in [0.25, 0.3) is 5.91 Å². The van der Waals surface area contributed by atoms with E-state index >= 15 is 0 Å². The van der Waals surface area contributed by atoms with Gasteiger partial charge in [-0.2, -0.15) is 4.31 Å². The zero-order valence-corrected chi connectivity index (χ0v) is 17.4. The predicted molar refractivity (Wildman–Crippen MR) is 106 cm³/mol. The molecule has 1 amide bonds. The number of ether oxygens (including phenoxy) is 1. The first kappa shape index (κ1) is 22.1. The molecule has 3 rings (SSSR count). The number of nitrogens with one attached hydrogen (secondary N) is 1. The topological polar surface area (TPSA) is 79.0 Å². The van der Waals surface area contributed by atoms with Crippen molar-refractivity contribution in [3.63, 3.8) is 0 Å². The average Bonchev–Trinajstić information content (AvgIpc) is 2.68. The number of likely N-dealkylation sites (tertiary alicyclic amines) is 1. The van der Waals surface area contributed by atoms with Gasteiger partial charge < -0.3 is 15.0 Å². The van der Waals surface area contributed by atoms with Gasteiger partial charge in [-0.05, 0) is 44.5 Å². The third-order valence-corrected chi connectivity index (χ3v) is 7.18. The fourth-order valence-corrected chi connectivity index (χ4v) is 5.18. The lowest BCUT2D eigenvalue weighted by Gasteiger charge is -2.33. The highest BCUT2D eigenvalue weighted by Crippen LogP contribution is 2.23. The van der Waals surface area contributed by atoms with Crippen molar-refractivity contribution in [1.82, 2.24) is 14.5 Å². The predicted octanol–water partition coefficient (Wildman–Crippen LogP) is 1.26. The number of amides is 1. The summed E-state index contributed by atoms with van der Waals surface area (Å²) < 4.78 is 32.7. The minimum Gasteiger partial charge on any atom is -0.379 e. The van der Waals surface area contributed by atoms with Crippen LogP contribution in [-0.4, -0.2) is 76.0 Å². The van der Waals surface area contributed by atoms with Crippen LogP contribution in [0.2, 0.25) is 0 Å². The maximum absolute atomic E-state index is 13.0. The summed E-state index contributed by atoms with van der Waals surface area (Å²) in [6.45, 7) is 4.60. The van der Waals surface area contributed by atoms with Crippen LogP contribution in [0.15, 0.2) is 23.1 Å². The number of halogens is 1. The van der Waals surface area contributed by atoms with Crippen LogP contribution >= 0.6 is 12.4 Å². The first-order valence-electron chi connectivity index (χ1n) is 9.08. The summed E-state index contributed by atoms with van der Waals surface area (Å²) in [7, 11) is -1.72. The number of hydrogen-bond acceptors (Lipinski definition) is 5. The molecule has 0 aromatic heterocycles. The van der Waals surface area contributed by atoms with Crippen LogP contribution in [0.4, 0.5) is 0 Å². The second-order valence-corrected chi connectivity index (χ2v) is 8.78. The van der Waals surface area contributed by atoms with E-state index in [1.165, 1.54) is 10.4 Å². The van der Waals surface area contributed by atoms with Crippen molar-refractivity contribution in [3.8, 4) is 0 Å². The second-order valence-electron chi connectivity index (χ2n) is 6.88. The van der Waals surface area contributed by atoms with Gasteiger partial charge in [0.05, 0.1) is 18.1 Å². The van der Waals surface area contributed by atoms with Gasteiger partial charge in [0.1, 0.15) is 0 Å². The Kier molecular flexibility index (Phi) is 7.64. The third-order valence-electron chi connectivity index (χ3n) is 5.14. The Morgan fingerprint density at radius 3 is 2.59 bits per heavy atom. The molecule has 1 aromatic rings. The number of rotatable bonds is 4. The highest BCUT2D eigenvalue weighted by Gasteiger charge is 2.30. The maximum atomic E-state index is 13.0. The van der Waals surface area contributed by atoms with E-state index in [0.29, 0.717) is 50.5 Å². The number of hydrogen-bond donors (Lipinski definition) is 1. The van der Waals surface area contributed by atoms with Crippen LogP contribution in [0.1, 0.15) is 28.8 Å². The van der Waals surface area contributed by atoms with E-state index in [2.05, 4.69) is 5.32 Å². The summed E-state index contributed by atoms with van der Waals surface area (Å²) in [5, 5.41) is 3.22. The lowest BCUT2D eigenvalue weighted by atomic mass is 10.0. The number of sulfonamides is 1. The van der Waals surface area contributed by atoms with Gasteiger partial charge in [-0.25, -0.2) is 8.42 Å². The van der Waals surface area contributed by atoms with Crippen molar-refractivity contribution in [2.45, 2.75) is 30.7 Å². The van der Waals surface area contributed by atoms with Crippen molar-refractivity contribution >= 4 is 28.3 Å². The number of nitrogens with zero attached hydrogens (tertiary/aromatic N) is 2. The lowest BCUT2D eigenvalue weighted by molar-refractivity contribution is 0.0697. The van der Waals surface area contributed by atoms with Crippen LogP contribution in [0.25, 0.3) is 0 Å². The van der Waals surface area contributed by atoms with Gasteiger partial charge in [0, 0.05) is 37.8 Å². The molecule has 0 bridgehead atoms. The van der Waals surface area contributed by atoms with Gasteiger partial charge in [0.2, 0.25) is 10.0 Å². The van der Waals surface area contributed by atoms with E-state index in [1.54, 1.807) is 24.0 Å². The van der Waals surface area contributed by atoms with Crippen LogP contribution in [-0.2, 0) is 14.8 Å². The monoisotopic (exact) mass is 417 g/mol. The summed E-state index contributed by atoms with van der Waals surface area (Å²) in [6, 6.07) is 5.26. The maximum Gasteiger partial charge on any atom is 0.253 e. The molecule has 1 unspecified atom stereocenters. The highest BCUT2D eigenvalue weighted by atomic mass is 35.5. The Morgan fingerprint density at radius 2 is 1.93 bits per heavy atom. The fraction of sp³-hybridized carbons (Fsp3) is 0.611. The van der Waals surface area contributed by atoms with E-state index in [-0.39, 0.29) is 29.3 Å². The molecule has 0 radical (unpaired) electrons. The molecule has 152 valence electrons. The van der Waals surface area contributed by atoms with E-state index in [4.69, 9.17) is 4.74 Å². The Hall–Kier alpha value is -1.19. The van der Waals surface area contributed by atoms with Crippen molar-refractivity contribution in [2.75, 3.05) is 46.4 Å². The van der Waals surface area contributed by atoms with Gasteiger partial charge in [-0.3, -0.25) is 4.79 Å². The van der Waals surface area contributed by atoms with Crippen molar-refractivity contribution in [2.24, 2.45) is 0 Å². The first-order valence-corrected chi connectivity index (χ1v) is 10.5. The Labute approximate surface area is 167 Å². The summed E-state index contributed by atoms with van der Waals surface area (Å²) in [5.74, 6) is -0.108. The summed E-state index contributed by atoms with van der Waals surface area (Å²) in [5.41, 5.74) is 1.08. The molecular weight excluding hydrogens is 390 g/mol. The average molecular weight is 418 g/mol. The normalized spacial score (nSPS) is 21.6. The molecule has 1 N–H and O–H groups in total. The summed E-state index contributed by atoms with van der Waals surface area (Å²) >= 11 is 0. The van der Waals surface area contributed by atoms with Gasteiger partial charge >= 0.3 is 0 Å². The summed E-state index contributed by atoms with van der Waals surface area (Å²) in [6.07, 6.45) is 1.99. The number of aryl methyl sites for hydroxylation is 1. The molecule has 1 atom stereocenters. The van der Waals surface area contributed by atoms with Crippen LogP contribution < -0.4 is 5.32 Å². The molecular formula is C18H28ClN3O4S. The minimum absolute atomic E-state index is 0. The minimum atomic E-state index is -3.62. The van der Waals surface area contributed by atoms with Crippen LogP contribution in [0, 0.1) is 6.92 Å².